The minimum absolute atomic E-state index is 0. The zero-order valence-electron chi connectivity index (χ0n) is 21.1. The number of piperidine rings is 1. The van der Waals surface area contributed by atoms with Crippen LogP contribution in [0, 0.1) is 6.92 Å². The quantitative estimate of drug-likeness (QED) is 0.341. The molecule has 1 aromatic carbocycles. The maximum Gasteiger partial charge on any atom is 0.193 e. The summed E-state index contributed by atoms with van der Waals surface area (Å²) in [4.78, 5) is 27.0. The SMILES string of the molecule is Cc1cc(CN(Cc2cn(C)c3cc(Br)ccc3c2=O)[C@H]2CCCN(c3ccc(N)nc3)C2)ccn1.Cl. The number of pyridine rings is 3. The molecule has 0 aliphatic carbocycles. The van der Waals surface area contributed by atoms with Gasteiger partial charge in [0.1, 0.15) is 5.82 Å². The van der Waals surface area contributed by atoms with Crippen molar-refractivity contribution in [2.75, 3.05) is 23.7 Å². The number of nitrogen functional groups attached to an aromatic ring is 1. The second kappa shape index (κ2) is 11.6. The summed E-state index contributed by atoms with van der Waals surface area (Å²) in [5.41, 5.74) is 10.9. The minimum Gasteiger partial charge on any atom is -0.384 e. The third kappa shape index (κ3) is 6.14. The van der Waals surface area contributed by atoms with E-state index in [1.165, 1.54) is 5.56 Å². The van der Waals surface area contributed by atoms with E-state index in [-0.39, 0.29) is 23.9 Å². The van der Waals surface area contributed by atoms with Gasteiger partial charge in [-0.2, -0.15) is 0 Å². The van der Waals surface area contributed by atoms with E-state index < -0.39 is 0 Å². The standard InChI is InChI=1S/C28H31BrN6O.ClH/c1-19-12-20(9-10-31-19)15-35(24-4-3-11-34(18-24)23-6-8-27(30)32-14-23)17-21-16-33(2)26-13-22(29)5-7-25(26)28(21)36;/h5-10,12-14,16,24H,3-4,11,15,17-18H2,1-2H3,(H2,30,32);1H/t24-;/m0./s1. The Hall–Kier alpha value is -2.94. The Morgan fingerprint density at radius 1 is 1.14 bits per heavy atom. The first kappa shape index (κ1) is 27.1. The van der Waals surface area contributed by atoms with Crippen LogP contribution in [0.5, 0.6) is 0 Å². The van der Waals surface area contributed by atoms with Crippen LogP contribution in [-0.2, 0) is 20.1 Å². The van der Waals surface area contributed by atoms with Crippen LogP contribution in [0.3, 0.4) is 0 Å². The van der Waals surface area contributed by atoms with Gasteiger partial charge in [0.05, 0.1) is 17.4 Å². The number of anilines is 2. The van der Waals surface area contributed by atoms with Gasteiger partial charge in [-0.1, -0.05) is 15.9 Å². The smallest absolute Gasteiger partial charge is 0.193 e. The average Bonchev–Trinajstić information content (AvgIpc) is 2.87. The third-order valence-corrected chi connectivity index (χ3v) is 7.49. The van der Waals surface area contributed by atoms with Crippen molar-refractivity contribution in [3.63, 3.8) is 0 Å². The molecule has 4 heterocycles. The molecule has 0 saturated carbocycles. The maximum absolute atomic E-state index is 13.5. The van der Waals surface area contributed by atoms with E-state index in [1.54, 1.807) is 0 Å². The molecule has 7 nitrogen and oxygen atoms in total. The van der Waals surface area contributed by atoms with Gasteiger partial charge >= 0.3 is 0 Å². The van der Waals surface area contributed by atoms with Crippen molar-refractivity contribution >= 4 is 50.7 Å². The minimum atomic E-state index is 0. The van der Waals surface area contributed by atoms with E-state index in [9.17, 15) is 4.79 Å². The van der Waals surface area contributed by atoms with Crippen LogP contribution >= 0.6 is 28.3 Å². The molecule has 5 rings (SSSR count). The first-order valence-corrected chi connectivity index (χ1v) is 13.1. The molecule has 1 saturated heterocycles. The van der Waals surface area contributed by atoms with E-state index in [4.69, 9.17) is 5.73 Å². The molecule has 0 amide bonds. The topological polar surface area (TPSA) is 80.3 Å². The van der Waals surface area contributed by atoms with Gasteiger partial charge in [-0.25, -0.2) is 4.98 Å². The summed E-state index contributed by atoms with van der Waals surface area (Å²) in [6.07, 6.45) is 7.86. The Bertz CT molecular complexity index is 1440. The second-order valence-corrected chi connectivity index (χ2v) is 10.6. The van der Waals surface area contributed by atoms with Gasteiger partial charge < -0.3 is 15.2 Å². The fourth-order valence-electron chi connectivity index (χ4n) is 5.18. The molecule has 0 bridgehead atoms. The Morgan fingerprint density at radius 2 is 1.97 bits per heavy atom. The fraction of sp³-hybridized carbons (Fsp3) is 0.321. The second-order valence-electron chi connectivity index (χ2n) is 9.65. The lowest BCUT2D eigenvalue weighted by Crippen LogP contribution is -2.48. The molecule has 2 N–H and O–H groups in total. The predicted molar refractivity (Wildman–Crippen MR) is 156 cm³/mol. The Kier molecular flexibility index (Phi) is 8.52. The van der Waals surface area contributed by atoms with Crippen molar-refractivity contribution in [1.82, 2.24) is 19.4 Å². The van der Waals surface area contributed by atoms with Crippen LogP contribution in [0.15, 0.2) is 70.3 Å². The van der Waals surface area contributed by atoms with Crippen LogP contribution < -0.4 is 16.1 Å². The lowest BCUT2D eigenvalue weighted by atomic mass is 10.0. The van der Waals surface area contributed by atoms with Crippen LogP contribution in [0.2, 0.25) is 0 Å². The van der Waals surface area contributed by atoms with Gasteiger partial charge in [0.15, 0.2) is 5.43 Å². The third-order valence-electron chi connectivity index (χ3n) is 6.99. The number of hydrogen-bond acceptors (Lipinski definition) is 6. The van der Waals surface area contributed by atoms with Crippen molar-refractivity contribution in [1.29, 1.82) is 0 Å². The van der Waals surface area contributed by atoms with Gasteiger partial charge in [-0.05, 0) is 67.8 Å². The van der Waals surface area contributed by atoms with E-state index in [2.05, 4.69) is 52.4 Å². The summed E-state index contributed by atoms with van der Waals surface area (Å²) in [6, 6.07) is 14.2. The van der Waals surface area contributed by atoms with E-state index >= 15 is 0 Å². The van der Waals surface area contributed by atoms with Gasteiger partial charge in [0, 0.05) is 72.8 Å². The van der Waals surface area contributed by atoms with Crippen molar-refractivity contribution in [3.05, 3.63) is 92.6 Å². The Labute approximate surface area is 231 Å². The molecule has 0 unspecified atom stereocenters. The molecule has 4 aromatic rings. The normalized spacial score (nSPS) is 15.7. The number of fused-ring (bicyclic) bond motifs is 1. The molecule has 194 valence electrons. The monoisotopic (exact) mass is 582 g/mol. The number of hydrogen-bond donors (Lipinski definition) is 1. The Balaban J connectivity index is 0.00000320. The van der Waals surface area contributed by atoms with Crippen molar-refractivity contribution in [3.8, 4) is 0 Å². The summed E-state index contributed by atoms with van der Waals surface area (Å²) in [6.45, 7) is 5.21. The highest BCUT2D eigenvalue weighted by molar-refractivity contribution is 9.10. The summed E-state index contributed by atoms with van der Waals surface area (Å²) in [7, 11) is 2.00. The van der Waals surface area contributed by atoms with Gasteiger partial charge in [0.25, 0.3) is 0 Å². The van der Waals surface area contributed by atoms with E-state index in [0.717, 1.165) is 64.8 Å². The first-order valence-electron chi connectivity index (χ1n) is 12.3. The number of halogens is 2. The van der Waals surface area contributed by atoms with Crippen molar-refractivity contribution < 1.29 is 0 Å². The number of aromatic nitrogens is 3. The molecule has 1 aliphatic rings. The van der Waals surface area contributed by atoms with Crippen molar-refractivity contribution in [2.24, 2.45) is 7.05 Å². The lowest BCUT2D eigenvalue weighted by Gasteiger charge is -2.40. The zero-order valence-corrected chi connectivity index (χ0v) is 23.5. The molecule has 1 fully saturated rings. The molecule has 3 aromatic heterocycles. The molecule has 9 heteroatoms. The summed E-state index contributed by atoms with van der Waals surface area (Å²) in [5, 5.41) is 0.746. The highest BCUT2D eigenvalue weighted by atomic mass is 79.9. The van der Waals surface area contributed by atoms with Crippen LogP contribution in [0.1, 0.15) is 29.7 Å². The summed E-state index contributed by atoms with van der Waals surface area (Å²) >= 11 is 3.53. The molecule has 1 atom stereocenters. The molecule has 0 radical (unpaired) electrons. The van der Waals surface area contributed by atoms with Crippen molar-refractivity contribution in [2.45, 2.75) is 38.9 Å². The average molecular weight is 584 g/mol. The van der Waals surface area contributed by atoms with Crippen LogP contribution in [0.4, 0.5) is 11.5 Å². The highest BCUT2D eigenvalue weighted by Crippen LogP contribution is 2.25. The van der Waals surface area contributed by atoms with Gasteiger partial charge in [0.2, 0.25) is 0 Å². The van der Waals surface area contributed by atoms with E-state index in [0.29, 0.717) is 12.4 Å². The van der Waals surface area contributed by atoms with Crippen LogP contribution in [-0.4, -0.2) is 38.6 Å². The van der Waals surface area contributed by atoms with Gasteiger partial charge in [-0.15, -0.1) is 12.4 Å². The molecule has 0 spiro atoms. The Morgan fingerprint density at radius 3 is 2.73 bits per heavy atom. The number of rotatable bonds is 6. The summed E-state index contributed by atoms with van der Waals surface area (Å²) < 4.78 is 3.02. The fourth-order valence-corrected chi connectivity index (χ4v) is 5.53. The molecule has 1 aliphatic heterocycles. The largest absolute Gasteiger partial charge is 0.384 e. The molecular weight excluding hydrogens is 552 g/mol. The number of aryl methyl sites for hydroxylation is 2. The predicted octanol–water partition coefficient (Wildman–Crippen LogP) is 5.07. The number of nitrogens with two attached hydrogens (primary N) is 1. The molecule has 37 heavy (non-hydrogen) atoms. The van der Waals surface area contributed by atoms with E-state index in [1.807, 2.05) is 62.9 Å². The zero-order chi connectivity index (χ0) is 25.2. The van der Waals surface area contributed by atoms with Gasteiger partial charge in [-0.3, -0.25) is 14.7 Å². The lowest BCUT2D eigenvalue weighted by molar-refractivity contribution is 0.158. The molecular formula is C28H32BrClN6O. The van der Waals surface area contributed by atoms with Crippen LogP contribution in [0.25, 0.3) is 10.9 Å². The summed E-state index contributed by atoms with van der Waals surface area (Å²) in [5.74, 6) is 0.529. The first-order chi connectivity index (χ1) is 17.4. The maximum atomic E-state index is 13.5. The highest BCUT2D eigenvalue weighted by Gasteiger charge is 2.27. The number of benzene rings is 1. The number of nitrogens with zero attached hydrogens (tertiary/aromatic N) is 5.